The van der Waals surface area contributed by atoms with E-state index in [1.807, 2.05) is 18.2 Å². The average molecular weight is 329 g/mol. The Morgan fingerprint density at radius 3 is 2.33 bits per heavy atom. The van der Waals surface area contributed by atoms with Crippen molar-refractivity contribution in [3.63, 3.8) is 0 Å². The van der Waals surface area contributed by atoms with Crippen molar-refractivity contribution in [3.05, 3.63) is 34.7 Å². The second-order valence-electron chi connectivity index (χ2n) is 6.59. The zero-order valence-corrected chi connectivity index (χ0v) is 14.9. The van der Waals surface area contributed by atoms with E-state index in [-0.39, 0.29) is 5.56 Å². The van der Waals surface area contributed by atoms with Crippen LogP contribution in [0.1, 0.15) is 71.1 Å². The maximum Gasteiger partial charge on any atom is 0.266 e. The van der Waals surface area contributed by atoms with E-state index in [1.165, 1.54) is 70.4 Å². The predicted molar refractivity (Wildman–Crippen MR) is 103 cm³/mol. The molecule has 0 aliphatic rings. The number of hydrogen-bond acceptors (Lipinski definition) is 3. The number of hydrogen-bond donors (Lipinski definition) is 2. The summed E-state index contributed by atoms with van der Waals surface area (Å²) in [7, 11) is 0. The molecule has 0 spiro atoms. The van der Waals surface area contributed by atoms with Crippen molar-refractivity contribution >= 4 is 16.7 Å². The average Bonchev–Trinajstić information content (AvgIpc) is 2.59. The SMILES string of the molecule is CCCCCCCCCCCCNc1ccc2[nH]c(=O)cnc2c1. The predicted octanol–water partition coefficient (Wildman–Crippen LogP) is 5.26. The maximum absolute atomic E-state index is 11.2. The van der Waals surface area contributed by atoms with Gasteiger partial charge in [-0.05, 0) is 24.6 Å². The van der Waals surface area contributed by atoms with Crippen LogP contribution in [0.4, 0.5) is 5.69 Å². The second-order valence-corrected chi connectivity index (χ2v) is 6.59. The molecule has 0 unspecified atom stereocenters. The lowest BCUT2D eigenvalue weighted by Crippen LogP contribution is -2.06. The molecule has 0 saturated carbocycles. The number of nitrogens with one attached hydrogen (secondary N) is 2. The van der Waals surface area contributed by atoms with Crippen molar-refractivity contribution < 1.29 is 0 Å². The van der Waals surface area contributed by atoms with Gasteiger partial charge in [-0.25, -0.2) is 4.98 Å². The third-order valence-electron chi connectivity index (χ3n) is 4.44. The molecule has 24 heavy (non-hydrogen) atoms. The fraction of sp³-hybridized carbons (Fsp3) is 0.600. The van der Waals surface area contributed by atoms with Gasteiger partial charge in [0.05, 0.1) is 17.2 Å². The van der Waals surface area contributed by atoms with Gasteiger partial charge in [-0.3, -0.25) is 4.79 Å². The van der Waals surface area contributed by atoms with E-state index in [1.54, 1.807) is 0 Å². The number of aromatic amines is 1. The Morgan fingerprint density at radius 1 is 0.958 bits per heavy atom. The van der Waals surface area contributed by atoms with Crippen LogP contribution in [-0.4, -0.2) is 16.5 Å². The number of aromatic nitrogens is 2. The minimum absolute atomic E-state index is 0.159. The number of anilines is 1. The van der Waals surface area contributed by atoms with Crippen molar-refractivity contribution in [2.24, 2.45) is 0 Å². The lowest BCUT2D eigenvalue weighted by atomic mass is 10.1. The molecule has 0 radical (unpaired) electrons. The Hall–Kier alpha value is -1.84. The molecule has 0 saturated heterocycles. The molecular formula is C20H31N3O. The summed E-state index contributed by atoms with van der Waals surface area (Å²) in [6.07, 6.45) is 14.9. The van der Waals surface area contributed by atoms with Crippen molar-refractivity contribution in [2.45, 2.75) is 71.1 Å². The van der Waals surface area contributed by atoms with Crippen LogP contribution >= 0.6 is 0 Å². The molecule has 2 rings (SSSR count). The van der Waals surface area contributed by atoms with E-state index in [4.69, 9.17) is 0 Å². The first-order chi connectivity index (χ1) is 11.8. The van der Waals surface area contributed by atoms with E-state index in [2.05, 4.69) is 22.2 Å². The molecule has 0 amide bonds. The fourth-order valence-electron chi connectivity index (χ4n) is 2.99. The molecule has 1 heterocycles. The lowest BCUT2D eigenvalue weighted by molar-refractivity contribution is 0.560. The summed E-state index contributed by atoms with van der Waals surface area (Å²) in [6, 6.07) is 5.89. The molecule has 0 aliphatic heterocycles. The Kier molecular flexibility index (Phi) is 8.36. The number of H-pyrrole nitrogens is 1. The van der Waals surface area contributed by atoms with Crippen LogP contribution in [0.3, 0.4) is 0 Å². The number of benzene rings is 1. The molecule has 4 nitrogen and oxygen atoms in total. The largest absolute Gasteiger partial charge is 0.385 e. The topological polar surface area (TPSA) is 57.8 Å². The van der Waals surface area contributed by atoms with Crippen molar-refractivity contribution in [3.8, 4) is 0 Å². The van der Waals surface area contributed by atoms with Crippen molar-refractivity contribution in [2.75, 3.05) is 11.9 Å². The Balaban J connectivity index is 1.55. The van der Waals surface area contributed by atoms with Gasteiger partial charge in [0.25, 0.3) is 5.56 Å². The molecule has 2 N–H and O–H groups in total. The number of fused-ring (bicyclic) bond motifs is 1. The van der Waals surface area contributed by atoms with Gasteiger partial charge < -0.3 is 10.3 Å². The third kappa shape index (κ3) is 6.73. The Morgan fingerprint density at radius 2 is 1.62 bits per heavy atom. The molecule has 0 aliphatic carbocycles. The van der Waals surface area contributed by atoms with Crippen LogP contribution in [0.2, 0.25) is 0 Å². The lowest BCUT2D eigenvalue weighted by Gasteiger charge is -2.07. The zero-order valence-electron chi connectivity index (χ0n) is 14.9. The van der Waals surface area contributed by atoms with E-state index in [0.717, 1.165) is 23.3 Å². The first kappa shape index (κ1) is 18.5. The number of unbranched alkanes of at least 4 members (excludes halogenated alkanes) is 9. The molecule has 2 aromatic rings. The molecule has 1 aromatic heterocycles. The van der Waals surface area contributed by atoms with E-state index >= 15 is 0 Å². The number of rotatable bonds is 12. The van der Waals surface area contributed by atoms with Gasteiger partial charge in [-0.1, -0.05) is 64.7 Å². The summed E-state index contributed by atoms with van der Waals surface area (Å²) in [5.74, 6) is 0. The summed E-state index contributed by atoms with van der Waals surface area (Å²) >= 11 is 0. The van der Waals surface area contributed by atoms with E-state index in [0.29, 0.717) is 0 Å². The molecule has 0 fully saturated rings. The van der Waals surface area contributed by atoms with E-state index in [9.17, 15) is 4.79 Å². The molecule has 1 aromatic carbocycles. The van der Waals surface area contributed by atoms with Gasteiger partial charge in [0.15, 0.2) is 0 Å². The highest BCUT2D eigenvalue weighted by Crippen LogP contribution is 2.15. The second kappa shape index (κ2) is 10.8. The molecular weight excluding hydrogens is 298 g/mol. The quantitative estimate of drug-likeness (QED) is 0.522. The summed E-state index contributed by atoms with van der Waals surface area (Å²) in [4.78, 5) is 18.2. The summed E-state index contributed by atoms with van der Waals surface area (Å²) in [5, 5.41) is 3.44. The maximum atomic E-state index is 11.2. The highest BCUT2D eigenvalue weighted by atomic mass is 16.1. The summed E-state index contributed by atoms with van der Waals surface area (Å²) < 4.78 is 0. The minimum Gasteiger partial charge on any atom is -0.385 e. The first-order valence-corrected chi connectivity index (χ1v) is 9.52. The zero-order chi connectivity index (χ0) is 17.0. The highest BCUT2D eigenvalue weighted by molar-refractivity contribution is 5.78. The molecule has 132 valence electrons. The van der Waals surface area contributed by atoms with Gasteiger partial charge in [0.1, 0.15) is 0 Å². The highest BCUT2D eigenvalue weighted by Gasteiger charge is 1.98. The smallest absolute Gasteiger partial charge is 0.266 e. The standard InChI is InChI=1S/C20H31N3O/c1-2-3-4-5-6-7-8-9-10-11-14-21-17-12-13-18-19(15-17)22-16-20(24)23-18/h12-13,15-16,21H,2-11,14H2,1H3,(H,23,24). The first-order valence-electron chi connectivity index (χ1n) is 9.52. The van der Waals surface area contributed by atoms with Crippen LogP contribution in [-0.2, 0) is 0 Å². The normalized spacial score (nSPS) is 11.0. The van der Waals surface area contributed by atoms with E-state index < -0.39 is 0 Å². The number of nitrogens with zero attached hydrogens (tertiary/aromatic N) is 1. The van der Waals surface area contributed by atoms with Crippen molar-refractivity contribution in [1.82, 2.24) is 9.97 Å². The van der Waals surface area contributed by atoms with Crippen LogP contribution < -0.4 is 10.9 Å². The summed E-state index contributed by atoms with van der Waals surface area (Å²) in [6.45, 7) is 3.26. The molecule has 0 atom stereocenters. The van der Waals surface area contributed by atoms with Crippen LogP contribution in [0.15, 0.2) is 29.2 Å². The summed E-state index contributed by atoms with van der Waals surface area (Å²) in [5.41, 5.74) is 2.52. The van der Waals surface area contributed by atoms with Crippen LogP contribution in [0.5, 0.6) is 0 Å². The van der Waals surface area contributed by atoms with Crippen LogP contribution in [0.25, 0.3) is 11.0 Å². The molecule has 4 heteroatoms. The fourth-order valence-corrected chi connectivity index (χ4v) is 2.99. The van der Waals surface area contributed by atoms with Crippen LogP contribution in [0, 0.1) is 0 Å². The van der Waals surface area contributed by atoms with Gasteiger partial charge in [-0.2, -0.15) is 0 Å². The van der Waals surface area contributed by atoms with Gasteiger partial charge >= 0.3 is 0 Å². The minimum atomic E-state index is -0.159. The van der Waals surface area contributed by atoms with Gasteiger partial charge in [0, 0.05) is 12.2 Å². The monoisotopic (exact) mass is 329 g/mol. The van der Waals surface area contributed by atoms with Gasteiger partial charge in [0.2, 0.25) is 0 Å². The Labute approximate surface area is 145 Å². The molecule has 0 bridgehead atoms. The van der Waals surface area contributed by atoms with Crippen molar-refractivity contribution in [1.29, 1.82) is 0 Å². The van der Waals surface area contributed by atoms with Gasteiger partial charge in [-0.15, -0.1) is 0 Å². The Bertz CT molecular complexity index is 651. The third-order valence-corrected chi connectivity index (χ3v) is 4.44.